The largest absolute Gasteiger partial charge is 0.387 e. The van der Waals surface area contributed by atoms with Crippen LogP contribution in [0.1, 0.15) is 36.1 Å². The second kappa shape index (κ2) is 6.70. The molecule has 0 amide bonds. The third kappa shape index (κ3) is 3.60. The first-order valence-electron chi connectivity index (χ1n) is 7.69. The first kappa shape index (κ1) is 15.5. The van der Waals surface area contributed by atoms with Gasteiger partial charge in [-0.25, -0.2) is 0 Å². The minimum absolute atomic E-state index is 0.378. The van der Waals surface area contributed by atoms with Crippen molar-refractivity contribution >= 4 is 0 Å². The van der Waals surface area contributed by atoms with E-state index in [1.807, 2.05) is 0 Å². The molecule has 112 valence electrons. The highest BCUT2D eigenvalue weighted by Crippen LogP contribution is 2.21. The summed E-state index contributed by atoms with van der Waals surface area (Å²) in [5, 5.41) is 10.5. The minimum Gasteiger partial charge on any atom is -0.387 e. The van der Waals surface area contributed by atoms with Gasteiger partial charge in [0, 0.05) is 32.2 Å². The molecule has 1 heterocycles. The molecular weight excluding hydrogens is 248 g/mol. The average molecular weight is 276 g/mol. The summed E-state index contributed by atoms with van der Waals surface area (Å²) in [5.41, 5.74) is 3.52. The Bertz CT molecular complexity index is 447. The lowest BCUT2D eigenvalue weighted by Gasteiger charge is -2.40. The molecule has 1 aliphatic heterocycles. The van der Waals surface area contributed by atoms with Gasteiger partial charge >= 0.3 is 0 Å². The number of piperazine rings is 1. The van der Waals surface area contributed by atoms with E-state index in [1.165, 1.54) is 17.5 Å². The Hall–Kier alpha value is -0.900. The van der Waals surface area contributed by atoms with Crippen molar-refractivity contribution < 1.29 is 5.11 Å². The predicted molar refractivity (Wildman–Crippen MR) is 84.0 cm³/mol. The maximum Gasteiger partial charge on any atom is 0.0919 e. The summed E-state index contributed by atoms with van der Waals surface area (Å²) in [6, 6.07) is 6.93. The van der Waals surface area contributed by atoms with E-state index in [-0.39, 0.29) is 6.10 Å². The SMILES string of the molecule is CCC1CN(CC(O)c2ccc(C)cc2C)CCN1C. The van der Waals surface area contributed by atoms with Crippen molar-refractivity contribution in [1.82, 2.24) is 9.80 Å². The highest BCUT2D eigenvalue weighted by atomic mass is 16.3. The van der Waals surface area contributed by atoms with Crippen LogP contribution in [0.2, 0.25) is 0 Å². The number of β-amino-alcohol motifs (C(OH)–C–C–N with tert-alkyl or cyclic N) is 1. The summed E-state index contributed by atoms with van der Waals surface area (Å²) in [6.45, 7) is 10.4. The van der Waals surface area contributed by atoms with Crippen molar-refractivity contribution in [2.75, 3.05) is 33.2 Å². The summed E-state index contributed by atoms with van der Waals surface area (Å²) in [6.07, 6.45) is 0.795. The number of aryl methyl sites for hydroxylation is 2. The first-order chi connectivity index (χ1) is 9.51. The lowest BCUT2D eigenvalue weighted by Crippen LogP contribution is -2.51. The van der Waals surface area contributed by atoms with Crippen LogP contribution in [0.3, 0.4) is 0 Å². The van der Waals surface area contributed by atoms with E-state index in [0.29, 0.717) is 6.04 Å². The molecule has 20 heavy (non-hydrogen) atoms. The van der Waals surface area contributed by atoms with Gasteiger partial charge < -0.3 is 10.0 Å². The number of likely N-dealkylation sites (N-methyl/N-ethyl adjacent to an activating group) is 1. The molecule has 0 aromatic heterocycles. The third-order valence-corrected chi connectivity index (χ3v) is 4.55. The number of hydrogen-bond acceptors (Lipinski definition) is 3. The normalized spacial score (nSPS) is 22.9. The summed E-state index contributed by atoms with van der Waals surface area (Å²) in [7, 11) is 2.20. The van der Waals surface area contributed by atoms with Crippen LogP contribution < -0.4 is 0 Å². The van der Waals surface area contributed by atoms with Crippen LogP contribution >= 0.6 is 0 Å². The molecule has 2 unspecified atom stereocenters. The maximum atomic E-state index is 10.5. The second-order valence-corrected chi connectivity index (χ2v) is 6.18. The van der Waals surface area contributed by atoms with Crippen molar-refractivity contribution in [3.63, 3.8) is 0 Å². The monoisotopic (exact) mass is 276 g/mol. The van der Waals surface area contributed by atoms with Gasteiger partial charge in [-0.1, -0.05) is 30.7 Å². The van der Waals surface area contributed by atoms with Gasteiger partial charge in [0.2, 0.25) is 0 Å². The predicted octanol–water partition coefficient (Wildman–Crippen LogP) is 2.36. The van der Waals surface area contributed by atoms with E-state index in [9.17, 15) is 5.11 Å². The Morgan fingerprint density at radius 3 is 2.70 bits per heavy atom. The second-order valence-electron chi connectivity index (χ2n) is 6.18. The fraction of sp³-hybridized carbons (Fsp3) is 0.647. The zero-order valence-electron chi connectivity index (χ0n) is 13.3. The molecule has 0 aliphatic carbocycles. The fourth-order valence-electron chi connectivity index (χ4n) is 3.16. The lowest BCUT2D eigenvalue weighted by molar-refractivity contribution is 0.0500. The Morgan fingerprint density at radius 2 is 2.05 bits per heavy atom. The van der Waals surface area contributed by atoms with Crippen molar-refractivity contribution in [3.05, 3.63) is 34.9 Å². The molecular formula is C17H28N2O. The summed E-state index contributed by atoms with van der Waals surface area (Å²) >= 11 is 0. The van der Waals surface area contributed by atoms with Crippen molar-refractivity contribution in [2.45, 2.75) is 39.3 Å². The van der Waals surface area contributed by atoms with E-state index in [2.05, 4.69) is 55.8 Å². The van der Waals surface area contributed by atoms with Crippen LogP contribution in [-0.2, 0) is 0 Å². The summed E-state index contributed by atoms with van der Waals surface area (Å²) in [4.78, 5) is 4.83. The van der Waals surface area contributed by atoms with Crippen molar-refractivity contribution in [3.8, 4) is 0 Å². The number of rotatable bonds is 4. The molecule has 1 aromatic rings. The fourth-order valence-corrected chi connectivity index (χ4v) is 3.16. The Morgan fingerprint density at radius 1 is 1.30 bits per heavy atom. The van der Waals surface area contributed by atoms with Gasteiger partial charge in [-0.05, 0) is 38.4 Å². The zero-order valence-corrected chi connectivity index (χ0v) is 13.3. The van der Waals surface area contributed by atoms with Crippen LogP contribution in [0.4, 0.5) is 0 Å². The van der Waals surface area contributed by atoms with E-state index in [4.69, 9.17) is 0 Å². The Labute approximate surface area is 123 Å². The quantitative estimate of drug-likeness (QED) is 0.914. The summed E-state index contributed by atoms with van der Waals surface area (Å²) < 4.78 is 0. The molecule has 0 saturated carbocycles. The van der Waals surface area contributed by atoms with Gasteiger partial charge in [-0.15, -0.1) is 0 Å². The van der Waals surface area contributed by atoms with Crippen LogP contribution in [0, 0.1) is 13.8 Å². The Balaban J connectivity index is 1.99. The van der Waals surface area contributed by atoms with E-state index < -0.39 is 0 Å². The van der Waals surface area contributed by atoms with Gasteiger partial charge in [-0.2, -0.15) is 0 Å². The number of benzene rings is 1. The molecule has 2 rings (SSSR count). The van der Waals surface area contributed by atoms with E-state index in [0.717, 1.165) is 31.7 Å². The molecule has 0 bridgehead atoms. The topological polar surface area (TPSA) is 26.7 Å². The molecule has 1 saturated heterocycles. The van der Waals surface area contributed by atoms with Crippen LogP contribution in [-0.4, -0.2) is 54.2 Å². The van der Waals surface area contributed by atoms with Crippen LogP contribution in [0.15, 0.2) is 18.2 Å². The lowest BCUT2D eigenvalue weighted by atomic mass is 10.00. The molecule has 1 fully saturated rings. The van der Waals surface area contributed by atoms with Crippen molar-refractivity contribution in [2.24, 2.45) is 0 Å². The van der Waals surface area contributed by atoms with Gasteiger partial charge in [0.05, 0.1) is 6.10 Å². The maximum absolute atomic E-state index is 10.5. The molecule has 3 nitrogen and oxygen atoms in total. The van der Waals surface area contributed by atoms with E-state index in [1.54, 1.807) is 0 Å². The van der Waals surface area contributed by atoms with E-state index >= 15 is 0 Å². The highest BCUT2D eigenvalue weighted by molar-refractivity contribution is 5.32. The van der Waals surface area contributed by atoms with Gasteiger partial charge in [0.25, 0.3) is 0 Å². The zero-order chi connectivity index (χ0) is 14.7. The molecule has 2 atom stereocenters. The number of nitrogens with zero attached hydrogens (tertiary/aromatic N) is 2. The third-order valence-electron chi connectivity index (χ3n) is 4.55. The Kier molecular flexibility index (Phi) is 5.19. The molecule has 3 heteroatoms. The summed E-state index contributed by atoms with van der Waals surface area (Å²) in [5.74, 6) is 0. The number of hydrogen-bond donors (Lipinski definition) is 1. The standard InChI is InChI=1S/C17H28N2O/c1-5-15-11-19(9-8-18(15)4)12-17(20)16-7-6-13(2)10-14(16)3/h6-7,10,15,17,20H,5,8-9,11-12H2,1-4H3. The van der Waals surface area contributed by atoms with Crippen molar-refractivity contribution in [1.29, 1.82) is 0 Å². The number of aliphatic hydroxyl groups excluding tert-OH is 1. The smallest absolute Gasteiger partial charge is 0.0919 e. The van der Waals surface area contributed by atoms with Gasteiger partial charge in [0.15, 0.2) is 0 Å². The molecule has 0 spiro atoms. The van der Waals surface area contributed by atoms with Crippen LogP contribution in [0.5, 0.6) is 0 Å². The van der Waals surface area contributed by atoms with Gasteiger partial charge in [-0.3, -0.25) is 4.90 Å². The molecule has 0 radical (unpaired) electrons. The molecule has 1 N–H and O–H groups in total. The molecule has 1 aliphatic rings. The minimum atomic E-state index is -0.378. The van der Waals surface area contributed by atoms with Crippen LogP contribution in [0.25, 0.3) is 0 Å². The average Bonchev–Trinajstić information content (AvgIpc) is 2.40. The number of aliphatic hydroxyl groups is 1. The molecule has 1 aromatic carbocycles. The first-order valence-corrected chi connectivity index (χ1v) is 7.69. The van der Waals surface area contributed by atoms with Gasteiger partial charge in [0.1, 0.15) is 0 Å². The highest BCUT2D eigenvalue weighted by Gasteiger charge is 2.24.